The summed E-state index contributed by atoms with van der Waals surface area (Å²) < 4.78 is 6.76. The molecule has 0 amide bonds. The minimum atomic E-state index is -0.481. The molecule has 1 aliphatic heterocycles. The van der Waals surface area contributed by atoms with Crippen LogP contribution in [0.3, 0.4) is 0 Å². The Morgan fingerprint density at radius 1 is 1.44 bits per heavy atom. The summed E-state index contributed by atoms with van der Waals surface area (Å²) in [6, 6.07) is 0. The van der Waals surface area contributed by atoms with E-state index in [0.717, 1.165) is 10.6 Å². The van der Waals surface area contributed by atoms with Crippen LogP contribution in [0.2, 0.25) is 5.15 Å². The van der Waals surface area contributed by atoms with Crippen molar-refractivity contribution in [1.82, 2.24) is 24.6 Å². The van der Waals surface area contributed by atoms with Gasteiger partial charge in [-0.25, -0.2) is 9.86 Å². The normalized spacial score (nSPS) is 18.5. The van der Waals surface area contributed by atoms with Crippen LogP contribution < -0.4 is 11.4 Å². The standard InChI is InChI=1S/C14H16BrClN6O3/c1-5-7(22(24)10(15)6(2)9(5)25-3)4-21-12-8(18-14(21)23)11(16)19-13(17)20-12/h10,24H,4H2,1-3H3,(H,18,23)(H2,17,19,20). The maximum absolute atomic E-state index is 12.3. The predicted octanol–water partition coefficient (Wildman–Crippen LogP) is 1.98. The number of aromatic amines is 1. The van der Waals surface area contributed by atoms with Crippen molar-refractivity contribution < 1.29 is 9.94 Å². The lowest BCUT2D eigenvalue weighted by molar-refractivity contribution is -0.0645. The van der Waals surface area contributed by atoms with Crippen LogP contribution in [0.1, 0.15) is 13.8 Å². The van der Waals surface area contributed by atoms with Gasteiger partial charge in [-0.05, 0) is 13.8 Å². The Labute approximate surface area is 155 Å². The number of nitrogens with zero attached hydrogens (tertiary/aromatic N) is 4. The van der Waals surface area contributed by atoms with Crippen molar-refractivity contribution in [3.63, 3.8) is 0 Å². The number of hydrogen-bond acceptors (Lipinski definition) is 7. The largest absolute Gasteiger partial charge is 0.496 e. The number of methoxy groups -OCH3 is 1. The first-order valence-corrected chi connectivity index (χ1v) is 8.54. The average Bonchev–Trinajstić information content (AvgIpc) is 2.86. The molecule has 0 spiro atoms. The topological polar surface area (TPSA) is 122 Å². The van der Waals surface area contributed by atoms with Crippen LogP contribution >= 0.6 is 27.5 Å². The molecule has 2 aromatic heterocycles. The Bertz CT molecular complexity index is 979. The number of imidazole rings is 1. The molecular formula is C14H16BrClN6O3. The maximum Gasteiger partial charge on any atom is 0.328 e. The van der Waals surface area contributed by atoms with E-state index in [2.05, 4.69) is 30.9 Å². The third kappa shape index (κ3) is 2.79. The Morgan fingerprint density at radius 3 is 2.76 bits per heavy atom. The monoisotopic (exact) mass is 430 g/mol. The molecule has 0 saturated heterocycles. The zero-order valence-electron chi connectivity index (χ0n) is 13.7. The van der Waals surface area contributed by atoms with Crippen molar-refractivity contribution in [3.05, 3.63) is 38.2 Å². The van der Waals surface area contributed by atoms with E-state index in [0.29, 0.717) is 17.0 Å². The second kappa shape index (κ2) is 6.36. The number of fused-ring (bicyclic) bond motifs is 1. The zero-order valence-corrected chi connectivity index (χ0v) is 16.0. The number of rotatable bonds is 3. The molecule has 1 atom stereocenters. The van der Waals surface area contributed by atoms with Gasteiger partial charge in [0.15, 0.2) is 10.8 Å². The number of H-pyrrole nitrogens is 1. The third-order valence-corrected chi connectivity index (χ3v) is 5.44. The van der Waals surface area contributed by atoms with Crippen molar-refractivity contribution in [3.8, 4) is 0 Å². The molecule has 11 heteroatoms. The SMILES string of the molecule is COC1=C(C)C(Br)N(O)C(Cn2c(=O)[nH]c3c(Cl)nc(N)nc32)=C1C. The molecule has 1 unspecified atom stereocenters. The maximum atomic E-state index is 12.3. The fraction of sp³-hybridized carbons (Fsp3) is 0.357. The van der Waals surface area contributed by atoms with Crippen LogP contribution in [0.25, 0.3) is 11.2 Å². The second-order valence-corrected chi connectivity index (χ2v) is 6.78. The van der Waals surface area contributed by atoms with E-state index >= 15 is 0 Å². The minimum absolute atomic E-state index is 0.0379. The summed E-state index contributed by atoms with van der Waals surface area (Å²) >= 11 is 9.42. The number of aromatic nitrogens is 4. The fourth-order valence-electron chi connectivity index (χ4n) is 2.84. The lowest BCUT2D eigenvalue weighted by Crippen LogP contribution is -2.36. The van der Waals surface area contributed by atoms with Crippen molar-refractivity contribution in [2.24, 2.45) is 0 Å². The molecule has 3 rings (SSSR count). The molecule has 0 saturated carbocycles. The highest BCUT2D eigenvalue weighted by atomic mass is 79.9. The van der Waals surface area contributed by atoms with Crippen molar-refractivity contribution in [2.45, 2.75) is 25.3 Å². The Kier molecular flexibility index (Phi) is 4.52. The van der Waals surface area contributed by atoms with E-state index in [1.54, 1.807) is 14.0 Å². The molecule has 25 heavy (non-hydrogen) atoms. The lowest BCUT2D eigenvalue weighted by atomic mass is 10.0. The summed E-state index contributed by atoms with van der Waals surface area (Å²) in [5, 5.41) is 11.6. The molecule has 0 aliphatic carbocycles. The first kappa shape index (κ1) is 17.8. The molecule has 4 N–H and O–H groups in total. The van der Waals surface area contributed by atoms with Crippen molar-refractivity contribution in [1.29, 1.82) is 0 Å². The van der Waals surface area contributed by atoms with Gasteiger partial charge in [-0.15, -0.1) is 0 Å². The Hall–Kier alpha value is -2.04. The number of hydrogen-bond donors (Lipinski definition) is 3. The molecule has 9 nitrogen and oxygen atoms in total. The number of ether oxygens (including phenoxy) is 1. The van der Waals surface area contributed by atoms with Gasteiger partial charge in [-0.3, -0.25) is 9.77 Å². The van der Waals surface area contributed by atoms with Gasteiger partial charge >= 0.3 is 5.69 Å². The Balaban J connectivity index is 2.17. The van der Waals surface area contributed by atoms with Gasteiger partial charge in [0.25, 0.3) is 0 Å². The number of nitrogens with two attached hydrogens (primary N) is 1. The molecular weight excluding hydrogens is 416 g/mol. The third-order valence-electron chi connectivity index (χ3n) is 4.09. The molecule has 3 heterocycles. The summed E-state index contributed by atoms with van der Waals surface area (Å²) in [5.74, 6) is 0.592. The molecule has 0 radical (unpaired) electrons. The average molecular weight is 432 g/mol. The van der Waals surface area contributed by atoms with E-state index in [1.165, 1.54) is 4.57 Å². The van der Waals surface area contributed by atoms with E-state index in [-0.39, 0.29) is 28.8 Å². The summed E-state index contributed by atoms with van der Waals surface area (Å²) in [6.45, 7) is 3.68. The van der Waals surface area contributed by atoms with E-state index in [4.69, 9.17) is 22.1 Å². The van der Waals surface area contributed by atoms with Crippen LogP contribution in [0.4, 0.5) is 5.95 Å². The number of alkyl halides is 1. The van der Waals surface area contributed by atoms with E-state index in [1.807, 2.05) is 6.92 Å². The number of halogens is 2. The zero-order chi connectivity index (χ0) is 18.5. The van der Waals surface area contributed by atoms with E-state index < -0.39 is 10.6 Å². The number of allylic oxidation sites excluding steroid dienone is 2. The van der Waals surface area contributed by atoms with Gasteiger partial charge in [-0.2, -0.15) is 9.97 Å². The first-order chi connectivity index (χ1) is 11.8. The molecule has 1 aliphatic rings. The van der Waals surface area contributed by atoms with Gasteiger partial charge in [0, 0.05) is 11.1 Å². The second-order valence-electron chi connectivity index (χ2n) is 5.56. The van der Waals surface area contributed by atoms with Gasteiger partial charge < -0.3 is 15.5 Å². The highest BCUT2D eigenvalue weighted by molar-refractivity contribution is 9.09. The fourth-order valence-corrected chi connectivity index (χ4v) is 3.51. The summed E-state index contributed by atoms with van der Waals surface area (Å²) in [6.07, 6.45) is 0. The summed E-state index contributed by atoms with van der Waals surface area (Å²) in [7, 11) is 1.55. The molecule has 0 aromatic carbocycles. The minimum Gasteiger partial charge on any atom is -0.496 e. The number of nitrogens with one attached hydrogen (secondary N) is 1. The van der Waals surface area contributed by atoms with Gasteiger partial charge in [0.05, 0.1) is 19.4 Å². The van der Waals surface area contributed by atoms with Crippen LogP contribution in [-0.2, 0) is 11.3 Å². The smallest absolute Gasteiger partial charge is 0.328 e. The van der Waals surface area contributed by atoms with Crippen molar-refractivity contribution in [2.75, 3.05) is 12.8 Å². The summed E-state index contributed by atoms with van der Waals surface area (Å²) in [4.78, 5) is 22.4. The summed E-state index contributed by atoms with van der Waals surface area (Å²) in [5.41, 5.74) is 7.72. The van der Waals surface area contributed by atoms with Gasteiger partial charge in [-0.1, -0.05) is 27.5 Å². The quantitative estimate of drug-likeness (QED) is 0.386. The Morgan fingerprint density at radius 2 is 2.12 bits per heavy atom. The molecule has 134 valence electrons. The number of nitrogen functional groups attached to an aromatic ring is 1. The number of hydroxylamine groups is 2. The van der Waals surface area contributed by atoms with Crippen LogP contribution in [0.15, 0.2) is 27.4 Å². The highest BCUT2D eigenvalue weighted by Gasteiger charge is 2.30. The predicted molar refractivity (Wildman–Crippen MR) is 96.3 cm³/mol. The van der Waals surface area contributed by atoms with Crippen LogP contribution in [0, 0.1) is 0 Å². The molecule has 0 fully saturated rings. The highest BCUT2D eigenvalue weighted by Crippen LogP contribution is 2.34. The number of anilines is 1. The van der Waals surface area contributed by atoms with Crippen molar-refractivity contribution >= 4 is 44.6 Å². The van der Waals surface area contributed by atoms with Crippen LogP contribution in [-0.4, -0.2) is 41.9 Å². The van der Waals surface area contributed by atoms with Crippen LogP contribution in [0.5, 0.6) is 0 Å². The molecule has 2 aromatic rings. The first-order valence-electron chi connectivity index (χ1n) is 7.24. The lowest BCUT2D eigenvalue weighted by Gasteiger charge is -2.33. The van der Waals surface area contributed by atoms with Gasteiger partial charge in [0.1, 0.15) is 16.2 Å². The molecule has 0 bridgehead atoms. The van der Waals surface area contributed by atoms with E-state index in [9.17, 15) is 10.0 Å². The van der Waals surface area contributed by atoms with Gasteiger partial charge in [0.2, 0.25) is 5.95 Å².